The fourth-order valence-corrected chi connectivity index (χ4v) is 5.59. The monoisotopic (exact) mass is 586 g/mol. The van der Waals surface area contributed by atoms with E-state index in [0.29, 0.717) is 36.1 Å². The maximum atomic E-state index is 13.1. The first-order valence-corrected chi connectivity index (χ1v) is 14.7. The Balaban J connectivity index is 1.61. The number of benzene rings is 1. The molecule has 1 saturated carbocycles. The van der Waals surface area contributed by atoms with Crippen LogP contribution in [0.4, 0.5) is 18.9 Å². The molecule has 212 valence electrons. The van der Waals surface area contributed by atoms with Gasteiger partial charge in [-0.15, -0.1) is 0 Å². The molecule has 3 N–H and O–H groups in total. The number of amides is 1. The highest BCUT2D eigenvalue weighted by Crippen LogP contribution is 2.46. The van der Waals surface area contributed by atoms with Crippen LogP contribution >= 0.6 is 12.2 Å². The molecule has 1 aliphatic rings. The fraction of sp³-hybridized carbons (Fsp3) is 0.480. The lowest BCUT2D eigenvalue weighted by Gasteiger charge is -2.43. The van der Waals surface area contributed by atoms with Gasteiger partial charge < -0.3 is 15.7 Å². The average Bonchev–Trinajstić information content (AvgIpc) is 2.82. The smallest absolute Gasteiger partial charge is 0.434 e. The lowest BCUT2D eigenvalue weighted by atomic mass is 9.65. The first kappa shape index (κ1) is 30.4. The molecule has 9 nitrogen and oxygen atoms in total. The summed E-state index contributed by atoms with van der Waals surface area (Å²) in [5, 5.41) is 15.1. The standard InChI is InChI=1S/C25H29F3N4O5S2/c1-39(36,37)12-3-2-9-24(10-4-11-24)23(38)32-19(22(34)35)13-16-5-7-17(8-6-16)31-21(33)18-14-29-15-30-20(18)25(26,27)28/h5-8,14-15,19H,2-4,9-13H2,1H3,(H,31,33)(H,32,38)(H,34,35)/t19-/m0/s1. The van der Waals surface area contributed by atoms with Gasteiger partial charge in [-0.2, -0.15) is 13.2 Å². The molecular formula is C25H29F3N4O5S2. The van der Waals surface area contributed by atoms with Crippen LogP contribution in [0.25, 0.3) is 0 Å². The number of nitrogens with zero attached hydrogens (tertiary/aromatic N) is 2. The fourth-order valence-electron chi connectivity index (χ4n) is 4.41. The molecule has 1 heterocycles. The Morgan fingerprint density at radius 2 is 1.85 bits per heavy atom. The number of carboxylic acids is 1. The second-order valence-electron chi connectivity index (χ2n) is 9.72. The molecular weight excluding hydrogens is 557 g/mol. The van der Waals surface area contributed by atoms with Crippen LogP contribution in [0.3, 0.4) is 0 Å². The van der Waals surface area contributed by atoms with E-state index in [-0.39, 0.29) is 23.3 Å². The summed E-state index contributed by atoms with van der Waals surface area (Å²) in [6.07, 6.45) is 2.36. The van der Waals surface area contributed by atoms with Gasteiger partial charge in [0.2, 0.25) is 0 Å². The molecule has 0 saturated heterocycles. The number of anilines is 1. The lowest BCUT2D eigenvalue weighted by molar-refractivity contribution is -0.141. The highest BCUT2D eigenvalue weighted by atomic mass is 32.2. The van der Waals surface area contributed by atoms with Gasteiger partial charge in [0.1, 0.15) is 22.2 Å². The van der Waals surface area contributed by atoms with E-state index in [1.807, 2.05) is 0 Å². The molecule has 0 bridgehead atoms. The van der Waals surface area contributed by atoms with Crippen LogP contribution in [0.5, 0.6) is 0 Å². The zero-order chi connectivity index (χ0) is 28.8. The number of sulfone groups is 1. The van der Waals surface area contributed by atoms with Gasteiger partial charge in [-0.25, -0.2) is 23.2 Å². The van der Waals surface area contributed by atoms with E-state index in [1.54, 1.807) is 12.1 Å². The Labute approximate surface area is 229 Å². The van der Waals surface area contributed by atoms with Crippen LogP contribution < -0.4 is 10.6 Å². The number of thiocarbonyl (C=S) groups is 1. The number of halogens is 3. The summed E-state index contributed by atoms with van der Waals surface area (Å²) in [5.41, 5.74) is -1.61. The van der Waals surface area contributed by atoms with Crippen LogP contribution in [-0.2, 0) is 27.2 Å². The Hall–Kier alpha value is -3.13. The normalized spacial score (nSPS) is 15.6. The highest BCUT2D eigenvalue weighted by molar-refractivity contribution is 7.90. The van der Waals surface area contributed by atoms with Crippen LogP contribution in [0.15, 0.2) is 36.8 Å². The molecule has 0 radical (unpaired) electrons. The predicted molar refractivity (Wildman–Crippen MR) is 142 cm³/mol. The molecule has 0 unspecified atom stereocenters. The maximum absolute atomic E-state index is 13.1. The van der Waals surface area contributed by atoms with E-state index >= 15 is 0 Å². The molecule has 1 aromatic heterocycles. The van der Waals surface area contributed by atoms with Crippen molar-refractivity contribution in [3.8, 4) is 0 Å². The van der Waals surface area contributed by atoms with Crippen molar-refractivity contribution in [3.05, 3.63) is 53.6 Å². The van der Waals surface area contributed by atoms with Crippen molar-refractivity contribution in [1.29, 1.82) is 0 Å². The van der Waals surface area contributed by atoms with Crippen LogP contribution in [0.1, 0.15) is 60.1 Å². The molecule has 0 aliphatic heterocycles. The number of rotatable bonds is 12. The number of hydrogen-bond acceptors (Lipinski definition) is 7. The van der Waals surface area contributed by atoms with Crippen LogP contribution in [-0.4, -0.2) is 58.4 Å². The largest absolute Gasteiger partial charge is 0.480 e. The van der Waals surface area contributed by atoms with Gasteiger partial charge in [0, 0.05) is 35.7 Å². The third kappa shape index (κ3) is 8.43. The Kier molecular flexibility index (Phi) is 9.64. The molecule has 1 atom stereocenters. The number of hydrogen-bond donors (Lipinski definition) is 3. The van der Waals surface area contributed by atoms with Gasteiger partial charge in [-0.3, -0.25) is 4.79 Å². The number of aliphatic carboxylic acids is 1. The summed E-state index contributed by atoms with van der Waals surface area (Å²) < 4.78 is 62.2. The first-order valence-electron chi connectivity index (χ1n) is 12.2. The summed E-state index contributed by atoms with van der Waals surface area (Å²) in [6, 6.07) is 5.01. The number of alkyl halides is 3. The number of carboxylic acid groups (broad SMARTS) is 1. The molecule has 1 amide bonds. The predicted octanol–water partition coefficient (Wildman–Crippen LogP) is 4.05. The molecule has 3 rings (SSSR count). The maximum Gasteiger partial charge on any atom is 0.434 e. The molecule has 1 aliphatic carbocycles. The second-order valence-corrected chi connectivity index (χ2v) is 12.4. The van der Waals surface area contributed by atoms with Gasteiger partial charge in [-0.05, 0) is 43.4 Å². The minimum atomic E-state index is -4.83. The van der Waals surface area contributed by atoms with Crippen molar-refractivity contribution in [2.45, 2.75) is 57.2 Å². The summed E-state index contributed by atoms with van der Waals surface area (Å²) in [7, 11) is -3.05. The topological polar surface area (TPSA) is 138 Å². The Morgan fingerprint density at radius 1 is 1.18 bits per heavy atom. The molecule has 14 heteroatoms. The lowest BCUT2D eigenvalue weighted by Crippen LogP contribution is -2.51. The van der Waals surface area contributed by atoms with E-state index in [1.165, 1.54) is 18.4 Å². The van der Waals surface area contributed by atoms with E-state index in [0.717, 1.165) is 25.5 Å². The minimum absolute atomic E-state index is 0.0681. The van der Waals surface area contributed by atoms with Crippen molar-refractivity contribution >= 4 is 44.6 Å². The first-order chi connectivity index (χ1) is 18.2. The zero-order valence-corrected chi connectivity index (χ0v) is 22.8. The van der Waals surface area contributed by atoms with Crippen molar-refractivity contribution in [1.82, 2.24) is 15.3 Å². The van der Waals surface area contributed by atoms with E-state index < -0.39 is 45.2 Å². The molecule has 39 heavy (non-hydrogen) atoms. The van der Waals surface area contributed by atoms with Gasteiger partial charge in [-0.1, -0.05) is 37.2 Å². The second kappa shape index (κ2) is 12.4. The Morgan fingerprint density at radius 3 is 2.38 bits per heavy atom. The van der Waals surface area contributed by atoms with E-state index in [9.17, 15) is 36.3 Å². The summed E-state index contributed by atoms with van der Waals surface area (Å²) in [5.74, 6) is -2.04. The van der Waals surface area contributed by atoms with Gasteiger partial charge in [0.25, 0.3) is 5.91 Å². The summed E-state index contributed by atoms with van der Waals surface area (Å²) in [4.78, 5) is 31.5. The van der Waals surface area contributed by atoms with Crippen molar-refractivity contribution < 1.29 is 36.3 Å². The van der Waals surface area contributed by atoms with Crippen molar-refractivity contribution in [3.63, 3.8) is 0 Å². The molecule has 0 spiro atoms. The number of carbonyl (C=O) groups is 2. The van der Waals surface area contributed by atoms with Crippen LogP contribution in [0, 0.1) is 5.41 Å². The van der Waals surface area contributed by atoms with Gasteiger partial charge in [0.15, 0.2) is 5.69 Å². The van der Waals surface area contributed by atoms with E-state index in [4.69, 9.17) is 12.2 Å². The van der Waals surface area contributed by atoms with Crippen molar-refractivity contribution in [2.75, 3.05) is 17.3 Å². The van der Waals surface area contributed by atoms with E-state index in [2.05, 4.69) is 20.6 Å². The quantitative estimate of drug-likeness (QED) is 0.248. The number of aromatic nitrogens is 2. The SMILES string of the molecule is CS(=O)(=O)CCCCC1(C(=S)N[C@@H](Cc2ccc(NC(=O)c3cncnc3C(F)(F)F)cc2)C(=O)O)CCC1. The number of nitrogens with one attached hydrogen (secondary N) is 2. The zero-order valence-electron chi connectivity index (χ0n) is 21.1. The Bertz CT molecular complexity index is 1310. The summed E-state index contributed by atoms with van der Waals surface area (Å²) in [6.45, 7) is 0. The summed E-state index contributed by atoms with van der Waals surface area (Å²) >= 11 is 5.59. The third-order valence-electron chi connectivity index (χ3n) is 6.69. The molecule has 2 aromatic rings. The highest BCUT2D eigenvalue weighted by Gasteiger charge is 2.41. The van der Waals surface area contributed by atoms with Crippen molar-refractivity contribution in [2.24, 2.45) is 5.41 Å². The number of unbranched alkanes of at least 4 members (excludes halogenated alkanes) is 1. The number of carbonyl (C=O) groups excluding carboxylic acids is 1. The van der Waals surface area contributed by atoms with Gasteiger partial charge >= 0.3 is 12.1 Å². The van der Waals surface area contributed by atoms with Crippen LogP contribution in [0.2, 0.25) is 0 Å². The molecule has 1 fully saturated rings. The molecule has 1 aromatic carbocycles. The minimum Gasteiger partial charge on any atom is -0.480 e. The third-order valence-corrected chi connectivity index (χ3v) is 8.27. The van der Waals surface area contributed by atoms with Gasteiger partial charge in [0.05, 0.1) is 10.6 Å². The average molecular weight is 587 g/mol.